The summed E-state index contributed by atoms with van der Waals surface area (Å²) in [4.78, 5) is 2.60. The van der Waals surface area contributed by atoms with Gasteiger partial charge >= 0.3 is 0 Å². The fourth-order valence-electron chi connectivity index (χ4n) is 6.31. The molecule has 0 radical (unpaired) electrons. The predicted octanol–water partition coefficient (Wildman–Crippen LogP) is 8.95. The van der Waals surface area contributed by atoms with Crippen LogP contribution in [0.25, 0.3) is 33.7 Å². The minimum absolute atomic E-state index is 0.596. The predicted molar refractivity (Wildman–Crippen MR) is 146 cm³/mol. The van der Waals surface area contributed by atoms with Crippen LogP contribution in [0.15, 0.2) is 103 Å². The minimum atomic E-state index is 0.596. The Kier molecular flexibility index (Phi) is 4.55. The lowest BCUT2D eigenvalue weighted by Gasteiger charge is -2.27. The van der Waals surface area contributed by atoms with Gasteiger partial charge in [-0.05, 0) is 81.4 Å². The Morgan fingerprint density at radius 2 is 1.35 bits per heavy atom. The smallest absolute Gasteiger partial charge is 0.0450 e. The van der Waals surface area contributed by atoms with Crippen LogP contribution in [-0.2, 0) is 0 Å². The molecule has 0 spiro atoms. The van der Waals surface area contributed by atoms with Crippen LogP contribution < -0.4 is 4.90 Å². The van der Waals surface area contributed by atoms with Gasteiger partial charge < -0.3 is 4.90 Å². The summed E-state index contributed by atoms with van der Waals surface area (Å²) in [5, 5.41) is 5.21. The van der Waals surface area contributed by atoms with Crippen molar-refractivity contribution in [3.8, 4) is 0 Å². The van der Waals surface area contributed by atoms with Crippen LogP contribution in [0.2, 0.25) is 0 Å². The molecule has 0 bridgehead atoms. The molecule has 2 aliphatic rings. The van der Waals surface area contributed by atoms with Crippen molar-refractivity contribution in [3.63, 3.8) is 0 Å². The highest BCUT2D eigenvalue weighted by atomic mass is 15.2. The van der Waals surface area contributed by atoms with Crippen molar-refractivity contribution in [2.24, 2.45) is 0 Å². The first-order chi connectivity index (χ1) is 16.9. The standard InChI is InChI=1S/C33H27N/c1-2-11-26(12-3-1)34-32-16-8-15-30(32)31-21-23(18-20-33(31)34)17-19-29-27-13-6-4-9-24(27)22-25-10-5-7-14-28(25)29/h1-7,9-14,17-22,30,32H,8,15-16H2. The van der Waals surface area contributed by atoms with Crippen LogP contribution in [0.4, 0.5) is 11.4 Å². The third kappa shape index (κ3) is 3.08. The van der Waals surface area contributed by atoms with Crippen molar-refractivity contribution < 1.29 is 0 Å². The molecule has 0 saturated heterocycles. The van der Waals surface area contributed by atoms with E-state index >= 15 is 0 Å². The number of rotatable bonds is 3. The zero-order valence-electron chi connectivity index (χ0n) is 19.2. The third-order valence-electron chi connectivity index (χ3n) is 7.81. The van der Waals surface area contributed by atoms with Gasteiger partial charge in [0.2, 0.25) is 0 Å². The van der Waals surface area contributed by atoms with Gasteiger partial charge in [-0.1, -0.05) is 91.4 Å². The van der Waals surface area contributed by atoms with Crippen molar-refractivity contribution in [1.82, 2.24) is 0 Å². The van der Waals surface area contributed by atoms with Crippen molar-refractivity contribution in [3.05, 3.63) is 120 Å². The number of nitrogens with zero attached hydrogens (tertiary/aromatic N) is 1. The molecule has 2 unspecified atom stereocenters. The molecule has 1 aliphatic heterocycles. The van der Waals surface area contributed by atoms with Gasteiger partial charge in [0.15, 0.2) is 0 Å². The van der Waals surface area contributed by atoms with Crippen LogP contribution in [0.3, 0.4) is 0 Å². The Morgan fingerprint density at radius 3 is 2.12 bits per heavy atom. The van der Waals surface area contributed by atoms with Crippen molar-refractivity contribution >= 4 is 45.1 Å². The minimum Gasteiger partial charge on any atom is -0.338 e. The molecule has 1 saturated carbocycles. The molecule has 5 aromatic carbocycles. The Hall–Kier alpha value is -3.84. The summed E-state index contributed by atoms with van der Waals surface area (Å²) in [6.07, 6.45) is 8.52. The number of hydrogen-bond donors (Lipinski definition) is 0. The highest BCUT2D eigenvalue weighted by Crippen LogP contribution is 2.52. The van der Waals surface area contributed by atoms with Gasteiger partial charge in [0.25, 0.3) is 0 Å². The lowest BCUT2D eigenvalue weighted by molar-refractivity contribution is 0.642. The third-order valence-corrected chi connectivity index (χ3v) is 7.81. The topological polar surface area (TPSA) is 3.24 Å². The van der Waals surface area contributed by atoms with E-state index in [1.165, 1.54) is 68.9 Å². The van der Waals surface area contributed by atoms with E-state index in [1.807, 2.05) is 0 Å². The summed E-state index contributed by atoms with van der Waals surface area (Å²) in [5.74, 6) is 0.641. The number of benzene rings is 5. The Morgan fingerprint density at radius 1 is 0.647 bits per heavy atom. The molecule has 1 heterocycles. The molecule has 1 fully saturated rings. The van der Waals surface area contributed by atoms with E-state index in [0.29, 0.717) is 12.0 Å². The molecule has 0 N–H and O–H groups in total. The molecule has 5 aromatic rings. The van der Waals surface area contributed by atoms with Crippen LogP contribution in [0.1, 0.15) is 41.9 Å². The lowest BCUT2D eigenvalue weighted by Crippen LogP contribution is -2.26. The van der Waals surface area contributed by atoms with Crippen molar-refractivity contribution in [2.75, 3.05) is 4.90 Å². The van der Waals surface area contributed by atoms with Crippen molar-refractivity contribution in [2.45, 2.75) is 31.2 Å². The fourth-order valence-corrected chi connectivity index (χ4v) is 6.31. The average Bonchev–Trinajstić information content (AvgIpc) is 3.48. The molecule has 0 amide bonds. The first-order valence-corrected chi connectivity index (χ1v) is 12.4. The molecule has 2 atom stereocenters. The van der Waals surface area contributed by atoms with Gasteiger partial charge in [-0.2, -0.15) is 0 Å². The van der Waals surface area contributed by atoms with Crippen molar-refractivity contribution in [1.29, 1.82) is 0 Å². The average molecular weight is 438 g/mol. The quantitative estimate of drug-likeness (QED) is 0.201. The van der Waals surface area contributed by atoms with E-state index in [1.54, 1.807) is 0 Å². The van der Waals surface area contributed by atoms with Crippen LogP contribution >= 0.6 is 0 Å². The van der Waals surface area contributed by atoms with E-state index in [4.69, 9.17) is 0 Å². The van der Waals surface area contributed by atoms with E-state index in [0.717, 1.165) is 0 Å². The Labute approximate surface area is 201 Å². The van der Waals surface area contributed by atoms with Gasteiger partial charge in [0, 0.05) is 23.3 Å². The zero-order chi connectivity index (χ0) is 22.5. The molecule has 164 valence electrons. The van der Waals surface area contributed by atoms with Gasteiger partial charge in [-0.3, -0.25) is 0 Å². The number of hydrogen-bond acceptors (Lipinski definition) is 1. The second-order valence-corrected chi connectivity index (χ2v) is 9.69. The highest BCUT2D eigenvalue weighted by molar-refractivity contribution is 6.07. The maximum absolute atomic E-state index is 2.60. The first-order valence-electron chi connectivity index (χ1n) is 12.4. The van der Waals surface area contributed by atoms with Crippen LogP contribution in [-0.4, -0.2) is 6.04 Å². The summed E-state index contributed by atoms with van der Waals surface area (Å²) >= 11 is 0. The zero-order valence-corrected chi connectivity index (χ0v) is 19.2. The number of fused-ring (bicyclic) bond motifs is 5. The monoisotopic (exact) mass is 437 g/mol. The van der Waals surface area contributed by atoms with Gasteiger partial charge in [0.1, 0.15) is 0 Å². The first kappa shape index (κ1) is 19.6. The number of anilines is 2. The largest absolute Gasteiger partial charge is 0.338 e. The fraction of sp³-hybridized carbons (Fsp3) is 0.152. The summed E-state index contributed by atoms with van der Waals surface area (Å²) in [7, 11) is 0. The van der Waals surface area contributed by atoms with E-state index in [-0.39, 0.29) is 0 Å². The Bertz CT molecular complexity index is 1490. The number of para-hydroxylation sites is 1. The SMILES string of the molecule is C(=Cc1c2ccccc2cc2ccccc12)c1ccc2c(c1)C1CCCC1N2c1ccccc1. The molecule has 1 nitrogen and oxygen atoms in total. The summed E-state index contributed by atoms with van der Waals surface area (Å²) in [6.45, 7) is 0. The summed E-state index contributed by atoms with van der Waals surface area (Å²) in [6, 6.07) is 38.4. The molecule has 1 heteroatoms. The van der Waals surface area contributed by atoms with E-state index < -0.39 is 0 Å². The molecular weight excluding hydrogens is 410 g/mol. The van der Waals surface area contributed by atoms with Crippen LogP contribution in [0, 0.1) is 0 Å². The molecule has 0 aromatic heterocycles. The van der Waals surface area contributed by atoms with E-state index in [2.05, 4.69) is 120 Å². The maximum atomic E-state index is 2.60. The molecule has 1 aliphatic carbocycles. The lowest BCUT2D eigenvalue weighted by atomic mass is 9.94. The maximum Gasteiger partial charge on any atom is 0.0450 e. The summed E-state index contributed by atoms with van der Waals surface area (Å²) in [5.41, 5.74) is 6.84. The van der Waals surface area contributed by atoms with Gasteiger partial charge in [-0.15, -0.1) is 0 Å². The molecule has 34 heavy (non-hydrogen) atoms. The highest BCUT2D eigenvalue weighted by Gasteiger charge is 2.41. The van der Waals surface area contributed by atoms with Gasteiger partial charge in [-0.25, -0.2) is 0 Å². The van der Waals surface area contributed by atoms with Crippen LogP contribution in [0.5, 0.6) is 0 Å². The van der Waals surface area contributed by atoms with E-state index in [9.17, 15) is 0 Å². The second-order valence-electron chi connectivity index (χ2n) is 9.69. The van der Waals surface area contributed by atoms with Gasteiger partial charge in [0.05, 0.1) is 0 Å². The summed E-state index contributed by atoms with van der Waals surface area (Å²) < 4.78 is 0. The molecule has 7 rings (SSSR count). The Balaban J connectivity index is 1.32. The normalized spacial score (nSPS) is 19.2. The molecular formula is C33H27N. The second kappa shape index (κ2) is 7.88.